The lowest BCUT2D eigenvalue weighted by molar-refractivity contribution is -0.147. The normalized spacial score (nSPS) is 16.6. The minimum absolute atomic E-state index is 0.0415. The first kappa shape index (κ1) is 10.8. The third kappa shape index (κ3) is 2.45. The second kappa shape index (κ2) is 4.88. The molecule has 0 bridgehead atoms. The highest BCUT2D eigenvalue weighted by Crippen LogP contribution is 2.12. The highest BCUT2D eigenvalue weighted by atomic mass is 16.2. The number of piperidine rings is 1. The van der Waals surface area contributed by atoms with Gasteiger partial charge < -0.3 is 0 Å². The van der Waals surface area contributed by atoms with Gasteiger partial charge in [-0.25, -0.2) is 0 Å². The Morgan fingerprint density at radius 1 is 1.25 bits per heavy atom. The first-order valence-electron chi connectivity index (χ1n) is 5.49. The number of rotatable bonds is 3. The van der Waals surface area contributed by atoms with E-state index in [1.807, 2.05) is 12.1 Å². The Balaban J connectivity index is 1.94. The van der Waals surface area contributed by atoms with Crippen molar-refractivity contribution in [1.29, 1.82) is 0 Å². The number of hydrogen-bond donors (Lipinski definition) is 0. The van der Waals surface area contributed by atoms with Crippen molar-refractivity contribution in [3.8, 4) is 0 Å². The zero-order valence-electron chi connectivity index (χ0n) is 9.06. The van der Waals surface area contributed by atoms with Crippen molar-refractivity contribution < 1.29 is 9.59 Å². The molecule has 1 aromatic heterocycles. The van der Waals surface area contributed by atoms with Gasteiger partial charge in [-0.3, -0.25) is 19.5 Å². The van der Waals surface area contributed by atoms with E-state index in [1.54, 1.807) is 12.4 Å². The van der Waals surface area contributed by atoms with Gasteiger partial charge in [0, 0.05) is 31.8 Å². The SMILES string of the molecule is O=C1CCCC(=O)N1CCc1cccnc1. The van der Waals surface area contributed by atoms with Crippen molar-refractivity contribution in [3.05, 3.63) is 30.1 Å². The summed E-state index contributed by atoms with van der Waals surface area (Å²) in [5.41, 5.74) is 1.05. The van der Waals surface area contributed by atoms with Gasteiger partial charge in [-0.05, 0) is 24.5 Å². The number of carbonyl (C=O) groups is 2. The summed E-state index contributed by atoms with van der Waals surface area (Å²) in [5.74, 6) is -0.0831. The topological polar surface area (TPSA) is 50.3 Å². The second-order valence-corrected chi connectivity index (χ2v) is 3.90. The molecule has 0 unspecified atom stereocenters. The number of likely N-dealkylation sites (tertiary alicyclic amines) is 1. The predicted octanol–water partition coefficient (Wildman–Crippen LogP) is 1.16. The van der Waals surface area contributed by atoms with E-state index in [-0.39, 0.29) is 11.8 Å². The Labute approximate surface area is 94.3 Å². The Kier molecular flexibility index (Phi) is 3.29. The summed E-state index contributed by atoms with van der Waals surface area (Å²) < 4.78 is 0. The predicted molar refractivity (Wildman–Crippen MR) is 58.5 cm³/mol. The quantitative estimate of drug-likeness (QED) is 0.715. The van der Waals surface area contributed by atoms with E-state index in [1.165, 1.54) is 4.90 Å². The molecule has 0 atom stereocenters. The summed E-state index contributed by atoms with van der Waals surface area (Å²) in [6.45, 7) is 0.476. The number of carbonyl (C=O) groups excluding carboxylic acids is 2. The van der Waals surface area contributed by atoms with Crippen LogP contribution in [0.25, 0.3) is 0 Å². The van der Waals surface area contributed by atoms with Crippen LogP contribution in [-0.2, 0) is 16.0 Å². The fourth-order valence-corrected chi connectivity index (χ4v) is 1.84. The Bertz CT molecular complexity index is 373. The number of hydrogen-bond acceptors (Lipinski definition) is 3. The number of nitrogens with zero attached hydrogens (tertiary/aromatic N) is 2. The lowest BCUT2D eigenvalue weighted by Crippen LogP contribution is -2.41. The molecule has 0 saturated carbocycles. The van der Waals surface area contributed by atoms with Gasteiger partial charge in [-0.15, -0.1) is 0 Å². The molecule has 1 aromatic rings. The Morgan fingerprint density at radius 2 is 2.00 bits per heavy atom. The summed E-state index contributed by atoms with van der Waals surface area (Å²) in [7, 11) is 0. The smallest absolute Gasteiger partial charge is 0.229 e. The molecule has 2 heterocycles. The fourth-order valence-electron chi connectivity index (χ4n) is 1.84. The van der Waals surface area contributed by atoms with Gasteiger partial charge in [0.1, 0.15) is 0 Å². The molecule has 1 saturated heterocycles. The van der Waals surface area contributed by atoms with Gasteiger partial charge in [0.15, 0.2) is 0 Å². The Morgan fingerprint density at radius 3 is 2.62 bits per heavy atom. The highest BCUT2D eigenvalue weighted by Gasteiger charge is 2.25. The molecule has 0 radical (unpaired) electrons. The van der Waals surface area contributed by atoms with Crippen LogP contribution in [0.2, 0.25) is 0 Å². The van der Waals surface area contributed by atoms with Crippen LogP contribution in [-0.4, -0.2) is 28.2 Å². The minimum Gasteiger partial charge on any atom is -0.282 e. The molecule has 0 aromatic carbocycles. The Hall–Kier alpha value is -1.71. The maximum Gasteiger partial charge on any atom is 0.229 e. The van der Waals surface area contributed by atoms with E-state index in [0.29, 0.717) is 32.2 Å². The maximum atomic E-state index is 11.5. The van der Waals surface area contributed by atoms with Crippen molar-refractivity contribution in [3.63, 3.8) is 0 Å². The molecule has 2 rings (SSSR count). The first-order valence-corrected chi connectivity index (χ1v) is 5.49. The molecule has 16 heavy (non-hydrogen) atoms. The van der Waals surface area contributed by atoms with Crippen molar-refractivity contribution in [2.24, 2.45) is 0 Å². The van der Waals surface area contributed by atoms with Crippen LogP contribution in [0.5, 0.6) is 0 Å². The molecule has 1 aliphatic heterocycles. The van der Waals surface area contributed by atoms with Crippen LogP contribution in [0, 0.1) is 0 Å². The van der Waals surface area contributed by atoms with E-state index in [4.69, 9.17) is 0 Å². The summed E-state index contributed by atoms with van der Waals surface area (Å²) >= 11 is 0. The monoisotopic (exact) mass is 218 g/mol. The zero-order chi connectivity index (χ0) is 11.4. The van der Waals surface area contributed by atoms with Gasteiger partial charge >= 0.3 is 0 Å². The molecule has 1 fully saturated rings. The number of pyridine rings is 1. The maximum absolute atomic E-state index is 11.5. The van der Waals surface area contributed by atoms with Crippen LogP contribution >= 0.6 is 0 Å². The number of imide groups is 1. The van der Waals surface area contributed by atoms with E-state index in [9.17, 15) is 9.59 Å². The second-order valence-electron chi connectivity index (χ2n) is 3.90. The standard InChI is InChI=1S/C12H14N2O2/c15-11-4-1-5-12(16)14(11)8-6-10-3-2-7-13-9-10/h2-3,7,9H,1,4-6,8H2. The molecule has 0 aliphatic carbocycles. The summed E-state index contributed by atoms with van der Waals surface area (Å²) in [6.07, 6.45) is 5.85. The largest absolute Gasteiger partial charge is 0.282 e. The van der Waals surface area contributed by atoms with Gasteiger partial charge in [0.25, 0.3) is 0 Å². The molecular weight excluding hydrogens is 204 g/mol. The lowest BCUT2D eigenvalue weighted by atomic mass is 10.1. The number of amides is 2. The van der Waals surface area contributed by atoms with Gasteiger partial charge in [-0.1, -0.05) is 6.07 Å². The van der Waals surface area contributed by atoms with E-state index in [0.717, 1.165) is 5.56 Å². The zero-order valence-corrected chi connectivity index (χ0v) is 9.06. The van der Waals surface area contributed by atoms with Gasteiger partial charge in [0.05, 0.1) is 0 Å². The molecule has 1 aliphatic rings. The van der Waals surface area contributed by atoms with E-state index >= 15 is 0 Å². The third-order valence-electron chi connectivity index (χ3n) is 2.73. The van der Waals surface area contributed by atoms with E-state index in [2.05, 4.69) is 4.98 Å². The van der Waals surface area contributed by atoms with Gasteiger partial charge in [0.2, 0.25) is 11.8 Å². The molecule has 0 N–H and O–H groups in total. The van der Waals surface area contributed by atoms with E-state index < -0.39 is 0 Å². The molecule has 0 spiro atoms. The van der Waals surface area contributed by atoms with Crippen LogP contribution in [0.3, 0.4) is 0 Å². The number of aromatic nitrogens is 1. The summed E-state index contributed by atoms with van der Waals surface area (Å²) in [4.78, 5) is 28.4. The van der Waals surface area contributed by atoms with Crippen LogP contribution in [0.15, 0.2) is 24.5 Å². The van der Waals surface area contributed by atoms with Crippen molar-refractivity contribution in [2.45, 2.75) is 25.7 Å². The van der Waals surface area contributed by atoms with Crippen LogP contribution < -0.4 is 0 Å². The van der Waals surface area contributed by atoms with Gasteiger partial charge in [-0.2, -0.15) is 0 Å². The van der Waals surface area contributed by atoms with Crippen molar-refractivity contribution in [2.75, 3.05) is 6.54 Å². The molecular formula is C12H14N2O2. The molecule has 2 amide bonds. The van der Waals surface area contributed by atoms with Crippen molar-refractivity contribution >= 4 is 11.8 Å². The molecule has 4 nitrogen and oxygen atoms in total. The lowest BCUT2D eigenvalue weighted by Gasteiger charge is -2.24. The average Bonchev–Trinajstić information content (AvgIpc) is 2.30. The summed E-state index contributed by atoms with van der Waals surface area (Å²) in [5, 5.41) is 0. The van der Waals surface area contributed by atoms with Crippen molar-refractivity contribution in [1.82, 2.24) is 9.88 Å². The molecule has 4 heteroatoms. The van der Waals surface area contributed by atoms with Crippen LogP contribution in [0.4, 0.5) is 0 Å². The highest BCUT2D eigenvalue weighted by molar-refractivity contribution is 5.97. The first-order chi connectivity index (χ1) is 7.77. The fraction of sp³-hybridized carbons (Fsp3) is 0.417. The molecule has 84 valence electrons. The minimum atomic E-state index is -0.0415. The average molecular weight is 218 g/mol. The van der Waals surface area contributed by atoms with Crippen LogP contribution in [0.1, 0.15) is 24.8 Å². The summed E-state index contributed by atoms with van der Waals surface area (Å²) in [6, 6.07) is 3.81. The third-order valence-corrected chi connectivity index (χ3v) is 2.73.